The zero-order chi connectivity index (χ0) is 9.42. The summed E-state index contributed by atoms with van der Waals surface area (Å²) in [4.78, 5) is 3.86. The molecule has 2 aromatic rings. The Labute approximate surface area is 73.7 Å². The molecule has 0 aliphatic heterocycles. The van der Waals surface area contributed by atoms with E-state index in [0.717, 1.165) is 0 Å². The summed E-state index contributed by atoms with van der Waals surface area (Å²) in [5, 5.41) is 28.3. The van der Waals surface area contributed by atoms with Crippen LogP contribution in [0.4, 0.5) is 0 Å². The minimum atomic E-state index is -0.536. The lowest BCUT2D eigenvalue weighted by Crippen LogP contribution is -1.79. The Balaban J connectivity index is 2.94. The van der Waals surface area contributed by atoms with Crippen molar-refractivity contribution in [1.82, 2.24) is 4.98 Å². The van der Waals surface area contributed by atoms with Crippen molar-refractivity contribution in [3.05, 3.63) is 24.4 Å². The average Bonchev–Trinajstić information content (AvgIpc) is 2.15. The Hall–Kier alpha value is -1.97. The van der Waals surface area contributed by atoms with Crippen molar-refractivity contribution in [2.24, 2.45) is 0 Å². The number of aromatic hydroxyl groups is 3. The van der Waals surface area contributed by atoms with Gasteiger partial charge >= 0.3 is 0 Å². The highest BCUT2D eigenvalue weighted by atomic mass is 16.3. The summed E-state index contributed by atoms with van der Waals surface area (Å²) < 4.78 is 0. The predicted octanol–water partition coefficient (Wildman–Crippen LogP) is 1.35. The molecule has 66 valence electrons. The third-order valence-corrected chi connectivity index (χ3v) is 1.82. The first-order valence-electron chi connectivity index (χ1n) is 3.69. The number of pyridine rings is 1. The highest BCUT2D eigenvalue weighted by Gasteiger charge is 2.10. The van der Waals surface area contributed by atoms with Crippen molar-refractivity contribution >= 4 is 10.9 Å². The summed E-state index contributed by atoms with van der Waals surface area (Å²) in [6, 6.07) is 4.71. The SMILES string of the molecule is Oc1cc2cccnc2c(O)c1O. The zero-order valence-electron chi connectivity index (χ0n) is 6.60. The van der Waals surface area contributed by atoms with Crippen molar-refractivity contribution in [3.8, 4) is 17.2 Å². The predicted molar refractivity (Wildman–Crippen MR) is 46.7 cm³/mol. The molecule has 1 aromatic heterocycles. The maximum absolute atomic E-state index is 9.37. The number of hydrogen-bond donors (Lipinski definition) is 3. The number of phenolic OH excluding ortho intramolecular Hbond substituents is 3. The molecule has 0 spiro atoms. The average molecular weight is 177 g/mol. The Morgan fingerprint density at radius 1 is 1.08 bits per heavy atom. The van der Waals surface area contributed by atoms with Crippen LogP contribution < -0.4 is 0 Å². The highest BCUT2D eigenvalue weighted by molar-refractivity contribution is 5.88. The fraction of sp³-hybridized carbons (Fsp3) is 0. The maximum atomic E-state index is 9.37. The molecule has 0 bridgehead atoms. The van der Waals surface area contributed by atoms with Crippen LogP contribution in [-0.2, 0) is 0 Å². The summed E-state index contributed by atoms with van der Waals surface area (Å²) in [5.41, 5.74) is 0.276. The van der Waals surface area contributed by atoms with E-state index in [1.54, 1.807) is 12.1 Å². The molecule has 3 N–H and O–H groups in total. The van der Waals surface area contributed by atoms with Crippen molar-refractivity contribution < 1.29 is 15.3 Å². The van der Waals surface area contributed by atoms with Gasteiger partial charge in [-0.25, -0.2) is 0 Å². The van der Waals surface area contributed by atoms with Crippen molar-refractivity contribution in [2.75, 3.05) is 0 Å². The molecule has 0 fully saturated rings. The zero-order valence-corrected chi connectivity index (χ0v) is 6.60. The fourth-order valence-electron chi connectivity index (χ4n) is 1.18. The number of benzene rings is 1. The summed E-state index contributed by atoms with van der Waals surface area (Å²) >= 11 is 0. The first-order chi connectivity index (χ1) is 6.20. The van der Waals surface area contributed by atoms with Crippen LogP contribution in [0, 0.1) is 0 Å². The van der Waals surface area contributed by atoms with Crippen LogP contribution in [0.5, 0.6) is 17.2 Å². The van der Waals surface area contributed by atoms with E-state index in [9.17, 15) is 5.11 Å². The van der Waals surface area contributed by atoms with E-state index in [4.69, 9.17) is 10.2 Å². The van der Waals surface area contributed by atoms with E-state index >= 15 is 0 Å². The van der Waals surface area contributed by atoms with Crippen molar-refractivity contribution in [2.45, 2.75) is 0 Å². The van der Waals surface area contributed by atoms with Gasteiger partial charge in [0.15, 0.2) is 11.5 Å². The smallest absolute Gasteiger partial charge is 0.202 e. The first-order valence-corrected chi connectivity index (χ1v) is 3.69. The Morgan fingerprint density at radius 3 is 2.62 bits per heavy atom. The van der Waals surface area contributed by atoms with Crippen molar-refractivity contribution in [3.63, 3.8) is 0 Å². The number of fused-ring (bicyclic) bond motifs is 1. The molecule has 0 radical (unpaired) electrons. The van der Waals surface area contributed by atoms with E-state index < -0.39 is 11.5 Å². The second kappa shape index (κ2) is 2.52. The quantitative estimate of drug-likeness (QED) is 0.531. The van der Waals surface area contributed by atoms with Gasteiger partial charge in [-0.15, -0.1) is 0 Å². The molecule has 0 amide bonds. The number of rotatable bonds is 0. The van der Waals surface area contributed by atoms with E-state index in [1.807, 2.05) is 0 Å². The van der Waals surface area contributed by atoms with Gasteiger partial charge in [0.2, 0.25) is 5.75 Å². The Morgan fingerprint density at radius 2 is 1.85 bits per heavy atom. The van der Waals surface area contributed by atoms with Crippen LogP contribution in [0.3, 0.4) is 0 Å². The van der Waals surface area contributed by atoms with Gasteiger partial charge in [0.1, 0.15) is 5.52 Å². The molecular weight excluding hydrogens is 170 g/mol. The van der Waals surface area contributed by atoms with E-state index in [0.29, 0.717) is 5.39 Å². The molecule has 0 atom stereocenters. The lowest BCUT2D eigenvalue weighted by molar-refractivity contribution is 0.371. The summed E-state index contributed by atoms with van der Waals surface area (Å²) in [7, 11) is 0. The molecule has 1 aromatic carbocycles. The van der Waals surface area contributed by atoms with Crippen molar-refractivity contribution in [1.29, 1.82) is 0 Å². The summed E-state index contributed by atoms with van der Waals surface area (Å²) in [5.74, 6) is -1.28. The standard InChI is InChI=1S/C9H7NO3/c11-6-4-5-2-1-3-10-7(5)9(13)8(6)12/h1-4,11-13H. The van der Waals surface area contributed by atoms with Crippen LogP contribution in [-0.4, -0.2) is 20.3 Å². The lowest BCUT2D eigenvalue weighted by Gasteiger charge is -2.03. The monoisotopic (exact) mass is 177 g/mol. The molecular formula is C9H7NO3. The van der Waals surface area contributed by atoms with Crippen LogP contribution in [0.2, 0.25) is 0 Å². The molecule has 0 saturated heterocycles. The molecule has 1 heterocycles. The third-order valence-electron chi connectivity index (χ3n) is 1.82. The van der Waals surface area contributed by atoms with Crippen LogP contribution >= 0.6 is 0 Å². The van der Waals surface area contributed by atoms with E-state index in [1.165, 1.54) is 12.3 Å². The lowest BCUT2D eigenvalue weighted by atomic mass is 10.2. The van der Waals surface area contributed by atoms with Gasteiger partial charge < -0.3 is 15.3 Å². The van der Waals surface area contributed by atoms with Gasteiger partial charge in [-0.2, -0.15) is 0 Å². The molecule has 0 aliphatic rings. The molecule has 13 heavy (non-hydrogen) atoms. The maximum Gasteiger partial charge on any atom is 0.202 e. The molecule has 0 aliphatic carbocycles. The van der Waals surface area contributed by atoms with Crippen LogP contribution in [0.1, 0.15) is 0 Å². The number of phenols is 3. The Bertz CT molecular complexity index is 468. The van der Waals surface area contributed by atoms with Gasteiger partial charge in [-0.1, -0.05) is 6.07 Å². The summed E-state index contributed by atoms with van der Waals surface area (Å²) in [6.45, 7) is 0. The molecule has 2 rings (SSSR count). The van der Waals surface area contributed by atoms with Gasteiger partial charge in [0, 0.05) is 11.6 Å². The minimum Gasteiger partial charge on any atom is -0.504 e. The Kier molecular flexibility index (Phi) is 1.48. The normalized spacial score (nSPS) is 10.5. The van der Waals surface area contributed by atoms with Gasteiger partial charge in [-0.05, 0) is 12.1 Å². The van der Waals surface area contributed by atoms with Crippen LogP contribution in [0.25, 0.3) is 10.9 Å². The first kappa shape index (κ1) is 7.67. The van der Waals surface area contributed by atoms with E-state index in [-0.39, 0.29) is 11.3 Å². The van der Waals surface area contributed by atoms with Gasteiger partial charge in [-0.3, -0.25) is 4.98 Å². The van der Waals surface area contributed by atoms with Gasteiger partial charge in [0.25, 0.3) is 0 Å². The minimum absolute atomic E-state index is 0.276. The number of aromatic nitrogens is 1. The topological polar surface area (TPSA) is 73.6 Å². The largest absolute Gasteiger partial charge is 0.504 e. The van der Waals surface area contributed by atoms with E-state index in [2.05, 4.69) is 4.98 Å². The summed E-state index contributed by atoms with van der Waals surface area (Å²) in [6.07, 6.45) is 1.50. The second-order valence-electron chi connectivity index (χ2n) is 2.67. The molecule has 4 heteroatoms. The van der Waals surface area contributed by atoms with Gasteiger partial charge in [0.05, 0.1) is 0 Å². The van der Waals surface area contributed by atoms with Crippen LogP contribution in [0.15, 0.2) is 24.4 Å². The number of hydrogen-bond acceptors (Lipinski definition) is 4. The molecule has 0 saturated carbocycles. The fourth-order valence-corrected chi connectivity index (χ4v) is 1.18. The highest BCUT2D eigenvalue weighted by Crippen LogP contribution is 2.39. The number of nitrogens with zero attached hydrogens (tertiary/aromatic N) is 1. The molecule has 0 unspecified atom stereocenters. The second-order valence-corrected chi connectivity index (χ2v) is 2.67. The third kappa shape index (κ3) is 1.03. The molecule has 4 nitrogen and oxygen atoms in total.